The molecule has 3 aromatic rings. The monoisotopic (exact) mass is 428 g/mol. The molecule has 0 spiro atoms. The zero-order chi connectivity index (χ0) is 21.0. The van der Waals surface area contributed by atoms with Crippen molar-refractivity contribution in [2.24, 2.45) is 0 Å². The highest BCUT2D eigenvalue weighted by Crippen LogP contribution is 2.24. The maximum Gasteiger partial charge on any atom is 0.261 e. The summed E-state index contributed by atoms with van der Waals surface area (Å²) in [5.41, 5.74) is 2.51. The van der Waals surface area contributed by atoms with Crippen LogP contribution in [0, 0.1) is 6.92 Å². The van der Waals surface area contributed by atoms with Crippen molar-refractivity contribution in [3.63, 3.8) is 0 Å². The van der Waals surface area contributed by atoms with Gasteiger partial charge in [-0.15, -0.1) is 0 Å². The van der Waals surface area contributed by atoms with Gasteiger partial charge < -0.3 is 5.32 Å². The van der Waals surface area contributed by atoms with Crippen molar-refractivity contribution in [1.29, 1.82) is 0 Å². The van der Waals surface area contributed by atoms with Gasteiger partial charge in [0.1, 0.15) is 0 Å². The van der Waals surface area contributed by atoms with Gasteiger partial charge >= 0.3 is 0 Å². The van der Waals surface area contributed by atoms with Crippen molar-refractivity contribution in [2.45, 2.75) is 24.8 Å². The average molecular weight is 429 g/mol. The summed E-state index contributed by atoms with van der Waals surface area (Å²) in [6, 6.07) is 20.0. The number of carbonyl (C=O) groups is 1. The number of sulfonamides is 1. The topological polar surface area (TPSA) is 75.3 Å². The van der Waals surface area contributed by atoms with E-state index in [0.29, 0.717) is 0 Å². The number of nitrogens with one attached hydrogen (secondary N) is 2. The zero-order valence-electron chi connectivity index (χ0n) is 16.0. The van der Waals surface area contributed by atoms with E-state index in [2.05, 4.69) is 10.0 Å². The number of rotatable bonds is 6. The van der Waals surface area contributed by atoms with Crippen molar-refractivity contribution < 1.29 is 13.2 Å². The molecule has 0 aliphatic heterocycles. The molecule has 0 unspecified atom stereocenters. The Balaban J connectivity index is 1.82. The van der Waals surface area contributed by atoms with Gasteiger partial charge in [-0.1, -0.05) is 54.1 Å². The first-order valence-corrected chi connectivity index (χ1v) is 10.9. The third-order valence-corrected chi connectivity index (χ3v) is 6.25. The normalized spacial score (nSPS) is 12.2. The molecule has 2 N–H and O–H groups in total. The highest BCUT2D eigenvalue weighted by atomic mass is 35.5. The smallest absolute Gasteiger partial charge is 0.261 e. The van der Waals surface area contributed by atoms with Crippen LogP contribution in [0.25, 0.3) is 0 Å². The molecule has 5 nitrogen and oxygen atoms in total. The number of benzene rings is 3. The molecule has 0 saturated carbocycles. The first-order chi connectivity index (χ1) is 13.8. The minimum atomic E-state index is -3.77. The lowest BCUT2D eigenvalue weighted by molar-refractivity contribution is 0.0940. The van der Waals surface area contributed by atoms with Gasteiger partial charge in [0.15, 0.2) is 0 Å². The van der Waals surface area contributed by atoms with Gasteiger partial charge in [-0.2, -0.15) is 0 Å². The molecule has 150 valence electrons. The Kier molecular flexibility index (Phi) is 6.25. The minimum Gasteiger partial charge on any atom is -0.345 e. The molecule has 0 heterocycles. The zero-order valence-corrected chi connectivity index (χ0v) is 17.6. The molecule has 1 amide bonds. The van der Waals surface area contributed by atoms with Crippen molar-refractivity contribution in [3.05, 3.63) is 94.5 Å². The molecule has 29 heavy (non-hydrogen) atoms. The second-order valence-corrected chi connectivity index (χ2v) is 8.75. The molecule has 3 rings (SSSR count). The molecular formula is C22H21ClN2O3S. The number of hydrogen-bond donors (Lipinski definition) is 2. The van der Waals surface area contributed by atoms with E-state index < -0.39 is 10.0 Å². The molecule has 0 aromatic heterocycles. The number of carbonyl (C=O) groups excluding carboxylic acids is 1. The van der Waals surface area contributed by atoms with Gasteiger partial charge in [0, 0.05) is 5.69 Å². The summed E-state index contributed by atoms with van der Waals surface area (Å²) in [6.45, 7) is 3.86. The molecule has 0 aliphatic carbocycles. The maximum absolute atomic E-state index is 12.8. The Bertz CT molecular complexity index is 1130. The SMILES string of the molecule is Cc1ccccc1[C@@H](C)NC(=O)c1cc(NS(=O)(=O)c2ccccc2)ccc1Cl. The molecule has 3 aromatic carbocycles. The van der Waals surface area contributed by atoms with Gasteiger partial charge in [0.2, 0.25) is 0 Å². The average Bonchev–Trinajstić information content (AvgIpc) is 2.70. The Morgan fingerprint density at radius 2 is 1.62 bits per heavy atom. The first kappa shape index (κ1) is 20.9. The van der Waals surface area contributed by atoms with Gasteiger partial charge in [-0.05, 0) is 55.3 Å². The Labute approximate surface area is 175 Å². The van der Waals surface area contributed by atoms with Crippen molar-refractivity contribution in [1.82, 2.24) is 5.32 Å². The summed E-state index contributed by atoms with van der Waals surface area (Å²) in [5.74, 6) is -0.383. The summed E-state index contributed by atoms with van der Waals surface area (Å²) in [6.07, 6.45) is 0. The fourth-order valence-corrected chi connectivity index (χ4v) is 4.28. The summed E-state index contributed by atoms with van der Waals surface area (Å²) < 4.78 is 27.5. The fourth-order valence-electron chi connectivity index (χ4n) is 3.00. The van der Waals surface area contributed by atoms with Crippen molar-refractivity contribution >= 4 is 33.2 Å². The van der Waals surface area contributed by atoms with Crippen molar-refractivity contribution in [2.75, 3.05) is 4.72 Å². The van der Waals surface area contributed by atoms with E-state index in [1.165, 1.54) is 30.3 Å². The molecule has 0 fully saturated rings. The van der Waals surface area contributed by atoms with E-state index in [0.717, 1.165) is 11.1 Å². The van der Waals surface area contributed by atoms with E-state index in [9.17, 15) is 13.2 Å². The second-order valence-electron chi connectivity index (χ2n) is 6.66. The van der Waals surface area contributed by atoms with Crippen LogP contribution >= 0.6 is 11.6 Å². The lowest BCUT2D eigenvalue weighted by Crippen LogP contribution is -2.27. The molecule has 0 radical (unpaired) electrons. The molecule has 1 atom stereocenters. The van der Waals surface area contributed by atoms with Gasteiger partial charge in [-0.3, -0.25) is 9.52 Å². The van der Waals surface area contributed by atoms with Gasteiger partial charge in [-0.25, -0.2) is 8.42 Å². The first-order valence-electron chi connectivity index (χ1n) is 9.02. The highest BCUT2D eigenvalue weighted by molar-refractivity contribution is 7.92. The molecule has 0 bridgehead atoms. The number of hydrogen-bond acceptors (Lipinski definition) is 3. The number of halogens is 1. The van der Waals surface area contributed by atoms with Gasteiger partial charge in [0.05, 0.1) is 21.5 Å². The Hall–Kier alpha value is -2.83. The van der Waals surface area contributed by atoms with Crippen LogP contribution in [0.3, 0.4) is 0 Å². The molecule has 0 saturated heterocycles. The quantitative estimate of drug-likeness (QED) is 0.583. The highest BCUT2D eigenvalue weighted by Gasteiger charge is 2.18. The minimum absolute atomic E-state index is 0.133. The Morgan fingerprint density at radius 3 is 2.31 bits per heavy atom. The summed E-state index contributed by atoms with van der Waals surface area (Å²) >= 11 is 6.20. The van der Waals surface area contributed by atoms with E-state index in [4.69, 9.17) is 11.6 Å². The maximum atomic E-state index is 12.8. The number of amides is 1. The van der Waals surface area contributed by atoms with Crippen LogP contribution in [0.1, 0.15) is 34.5 Å². The van der Waals surface area contributed by atoms with Crippen LogP contribution in [0.2, 0.25) is 5.02 Å². The molecular weight excluding hydrogens is 408 g/mol. The van der Waals surface area contributed by atoms with Crippen LogP contribution in [-0.4, -0.2) is 14.3 Å². The Morgan fingerprint density at radius 1 is 0.966 bits per heavy atom. The van der Waals surface area contributed by atoms with E-state index in [-0.39, 0.29) is 33.1 Å². The van der Waals surface area contributed by atoms with Crippen LogP contribution in [0.15, 0.2) is 77.7 Å². The van der Waals surface area contributed by atoms with Crippen LogP contribution in [0.5, 0.6) is 0 Å². The predicted molar refractivity (Wildman–Crippen MR) is 116 cm³/mol. The van der Waals surface area contributed by atoms with Crippen LogP contribution in [0.4, 0.5) is 5.69 Å². The van der Waals surface area contributed by atoms with Crippen LogP contribution < -0.4 is 10.0 Å². The standard InChI is InChI=1S/C22H21ClN2O3S/c1-15-8-6-7-11-19(15)16(2)24-22(26)20-14-17(12-13-21(20)23)25-29(27,28)18-9-4-3-5-10-18/h3-14,16,25H,1-2H3,(H,24,26)/t16-/m1/s1. The van der Waals surface area contributed by atoms with E-state index in [1.54, 1.807) is 18.2 Å². The molecule has 7 heteroatoms. The van der Waals surface area contributed by atoms with Gasteiger partial charge in [0.25, 0.3) is 15.9 Å². The van der Waals surface area contributed by atoms with Crippen molar-refractivity contribution in [3.8, 4) is 0 Å². The largest absolute Gasteiger partial charge is 0.345 e. The second kappa shape index (κ2) is 8.68. The fraction of sp³-hybridized carbons (Fsp3) is 0.136. The van der Waals surface area contributed by atoms with E-state index in [1.807, 2.05) is 38.1 Å². The third kappa shape index (κ3) is 4.96. The lowest BCUT2D eigenvalue weighted by Gasteiger charge is -2.17. The lowest BCUT2D eigenvalue weighted by atomic mass is 10.0. The molecule has 0 aliphatic rings. The summed E-state index contributed by atoms with van der Waals surface area (Å²) in [4.78, 5) is 12.9. The number of aryl methyl sites for hydroxylation is 1. The summed E-state index contributed by atoms with van der Waals surface area (Å²) in [7, 11) is -3.77. The summed E-state index contributed by atoms with van der Waals surface area (Å²) in [5, 5.41) is 3.15. The predicted octanol–water partition coefficient (Wildman–Crippen LogP) is 4.94. The number of anilines is 1. The van der Waals surface area contributed by atoms with Crippen LogP contribution in [-0.2, 0) is 10.0 Å². The van der Waals surface area contributed by atoms with E-state index >= 15 is 0 Å². The third-order valence-electron chi connectivity index (χ3n) is 4.52.